The highest BCUT2D eigenvalue weighted by Crippen LogP contribution is 2.24. The van der Waals surface area contributed by atoms with E-state index >= 15 is 0 Å². The van der Waals surface area contributed by atoms with Crippen LogP contribution in [-0.4, -0.2) is 18.1 Å². The molecule has 0 aliphatic carbocycles. The second-order valence-electron chi connectivity index (χ2n) is 5.02. The van der Waals surface area contributed by atoms with Gasteiger partial charge in [0.2, 0.25) is 0 Å². The van der Waals surface area contributed by atoms with Gasteiger partial charge in [0, 0.05) is 17.8 Å². The van der Waals surface area contributed by atoms with Crippen molar-refractivity contribution in [1.29, 1.82) is 0 Å². The zero-order valence-corrected chi connectivity index (χ0v) is 12.8. The molecule has 0 saturated carbocycles. The predicted molar refractivity (Wildman–Crippen MR) is 88.0 cm³/mol. The van der Waals surface area contributed by atoms with E-state index in [1.165, 1.54) is 28.5 Å². The smallest absolute Gasteiger partial charge is 0.0300 e. The van der Waals surface area contributed by atoms with E-state index in [-0.39, 0.29) is 0 Å². The van der Waals surface area contributed by atoms with Crippen LogP contribution in [-0.2, 0) is 0 Å². The first-order valence-corrected chi connectivity index (χ1v) is 8.38. The van der Waals surface area contributed by atoms with E-state index in [4.69, 9.17) is 0 Å². The molecule has 0 aromatic heterocycles. The average Bonchev–Trinajstić information content (AvgIpc) is 2.46. The Balaban J connectivity index is 2.23. The largest absolute Gasteiger partial charge is 0.307 e. The fraction of sp³-hybridized carbons (Fsp3) is 0.412. The number of benzene rings is 2. The van der Waals surface area contributed by atoms with E-state index in [1.54, 1.807) is 0 Å². The van der Waals surface area contributed by atoms with Gasteiger partial charge in [-0.25, -0.2) is 0 Å². The van der Waals surface area contributed by atoms with Gasteiger partial charge in [-0.3, -0.25) is 0 Å². The van der Waals surface area contributed by atoms with Gasteiger partial charge >= 0.3 is 0 Å². The van der Waals surface area contributed by atoms with Crippen molar-refractivity contribution < 1.29 is 0 Å². The number of hydrogen-bond donors (Lipinski definition) is 1. The van der Waals surface area contributed by atoms with Gasteiger partial charge in [-0.15, -0.1) is 0 Å². The summed E-state index contributed by atoms with van der Waals surface area (Å²) in [5.74, 6) is 1.17. The average molecular weight is 273 g/mol. The molecule has 2 heteroatoms. The molecule has 2 unspecified atom stereocenters. The molecule has 2 aromatic carbocycles. The predicted octanol–water partition coefficient (Wildman–Crippen LogP) is 4.63. The molecule has 0 heterocycles. The van der Waals surface area contributed by atoms with Crippen molar-refractivity contribution in [2.75, 3.05) is 12.0 Å². The fourth-order valence-electron chi connectivity index (χ4n) is 2.56. The zero-order chi connectivity index (χ0) is 13.7. The van der Waals surface area contributed by atoms with Crippen LogP contribution in [0.3, 0.4) is 0 Å². The summed E-state index contributed by atoms with van der Waals surface area (Å²) in [6.07, 6.45) is 3.35. The lowest BCUT2D eigenvalue weighted by molar-refractivity contribution is 0.477. The molecular weight excluding hydrogens is 250 g/mol. The molecule has 2 atom stereocenters. The summed E-state index contributed by atoms with van der Waals surface area (Å²) in [6.45, 7) is 4.52. The molecule has 1 N–H and O–H groups in total. The third kappa shape index (κ3) is 3.52. The molecule has 0 radical (unpaired) electrons. The topological polar surface area (TPSA) is 12.0 Å². The third-order valence-electron chi connectivity index (χ3n) is 3.64. The number of hydrogen-bond acceptors (Lipinski definition) is 2. The Morgan fingerprint density at radius 2 is 1.84 bits per heavy atom. The van der Waals surface area contributed by atoms with Crippen molar-refractivity contribution in [2.24, 2.45) is 0 Å². The lowest BCUT2D eigenvalue weighted by Gasteiger charge is -2.23. The van der Waals surface area contributed by atoms with Crippen molar-refractivity contribution >= 4 is 22.5 Å². The van der Waals surface area contributed by atoms with Crippen LogP contribution < -0.4 is 5.32 Å². The van der Waals surface area contributed by atoms with E-state index in [9.17, 15) is 0 Å². The molecule has 0 amide bonds. The highest BCUT2D eigenvalue weighted by atomic mass is 32.2. The van der Waals surface area contributed by atoms with Crippen molar-refractivity contribution in [2.45, 2.75) is 32.4 Å². The van der Waals surface area contributed by atoms with Gasteiger partial charge in [0.05, 0.1) is 0 Å². The van der Waals surface area contributed by atoms with Crippen LogP contribution in [0.5, 0.6) is 0 Å². The highest BCUT2D eigenvalue weighted by molar-refractivity contribution is 7.98. The summed E-state index contributed by atoms with van der Waals surface area (Å²) >= 11 is 1.91. The summed E-state index contributed by atoms with van der Waals surface area (Å²) < 4.78 is 0. The van der Waals surface area contributed by atoms with Gasteiger partial charge in [-0.05, 0) is 35.9 Å². The molecule has 0 fully saturated rings. The molecule has 0 bridgehead atoms. The lowest BCUT2D eigenvalue weighted by Crippen LogP contribution is -2.33. The first-order valence-electron chi connectivity index (χ1n) is 6.99. The third-order valence-corrected chi connectivity index (χ3v) is 4.37. The highest BCUT2D eigenvalue weighted by Gasteiger charge is 2.13. The fourth-order valence-corrected chi connectivity index (χ4v) is 3.29. The standard InChI is InChI=1S/C17H23NS/c1-4-15(12-19-3)18-13(2)16-11-7-9-14-8-5-6-10-17(14)16/h5-11,13,15,18H,4,12H2,1-3H3. The van der Waals surface area contributed by atoms with Crippen LogP contribution in [0.25, 0.3) is 10.8 Å². The molecule has 2 rings (SSSR count). The second-order valence-corrected chi connectivity index (χ2v) is 5.93. The molecule has 0 spiro atoms. The maximum absolute atomic E-state index is 3.76. The van der Waals surface area contributed by atoms with Crippen LogP contribution in [0.4, 0.5) is 0 Å². The normalized spacial score (nSPS) is 14.5. The van der Waals surface area contributed by atoms with Crippen molar-refractivity contribution in [3.05, 3.63) is 48.0 Å². The molecule has 1 nitrogen and oxygen atoms in total. The minimum Gasteiger partial charge on any atom is -0.307 e. The number of rotatable bonds is 6. The van der Waals surface area contributed by atoms with Crippen LogP contribution in [0, 0.1) is 0 Å². The monoisotopic (exact) mass is 273 g/mol. The molecule has 0 aliphatic rings. The Morgan fingerprint density at radius 3 is 2.58 bits per heavy atom. The molecular formula is C17H23NS. The summed E-state index contributed by atoms with van der Waals surface area (Å²) in [7, 11) is 0. The molecule has 19 heavy (non-hydrogen) atoms. The number of nitrogens with one attached hydrogen (secondary N) is 1. The first kappa shape index (κ1) is 14.4. The summed E-state index contributed by atoms with van der Waals surface area (Å²) in [5.41, 5.74) is 1.40. The SMILES string of the molecule is CCC(CSC)NC(C)c1cccc2ccccc12. The lowest BCUT2D eigenvalue weighted by atomic mass is 9.99. The molecule has 0 saturated heterocycles. The first-order chi connectivity index (χ1) is 9.26. The zero-order valence-electron chi connectivity index (χ0n) is 12.0. The minimum absolute atomic E-state index is 0.392. The summed E-state index contributed by atoms with van der Waals surface area (Å²) in [6, 6.07) is 16.2. The van der Waals surface area contributed by atoms with E-state index in [0.717, 1.165) is 0 Å². The van der Waals surface area contributed by atoms with E-state index in [2.05, 4.69) is 67.9 Å². The Labute approximate surface area is 120 Å². The van der Waals surface area contributed by atoms with Gasteiger partial charge in [0.15, 0.2) is 0 Å². The Hall–Kier alpha value is -0.990. The summed E-state index contributed by atoms with van der Waals surface area (Å²) in [4.78, 5) is 0. The van der Waals surface area contributed by atoms with Gasteiger partial charge < -0.3 is 5.32 Å². The maximum atomic E-state index is 3.76. The Kier molecular flexibility index (Phi) is 5.29. The van der Waals surface area contributed by atoms with Crippen LogP contribution in [0.15, 0.2) is 42.5 Å². The minimum atomic E-state index is 0.392. The Morgan fingerprint density at radius 1 is 1.11 bits per heavy atom. The number of fused-ring (bicyclic) bond motifs is 1. The molecule has 0 aliphatic heterocycles. The second kappa shape index (κ2) is 6.97. The number of thioether (sulfide) groups is 1. The molecule has 102 valence electrons. The van der Waals surface area contributed by atoms with E-state index in [0.29, 0.717) is 12.1 Å². The van der Waals surface area contributed by atoms with Gasteiger partial charge in [0.1, 0.15) is 0 Å². The van der Waals surface area contributed by atoms with Crippen molar-refractivity contribution in [3.8, 4) is 0 Å². The molecule has 2 aromatic rings. The maximum Gasteiger partial charge on any atom is 0.0300 e. The quantitative estimate of drug-likeness (QED) is 0.823. The van der Waals surface area contributed by atoms with Crippen molar-refractivity contribution in [3.63, 3.8) is 0 Å². The van der Waals surface area contributed by atoms with Crippen LogP contribution in [0.2, 0.25) is 0 Å². The van der Waals surface area contributed by atoms with Gasteiger partial charge in [-0.2, -0.15) is 11.8 Å². The van der Waals surface area contributed by atoms with Gasteiger partial charge in [0.25, 0.3) is 0 Å². The van der Waals surface area contributed by atoms with E-state index in [1.807, 2.05) is 11.8 Å². The van der Waals surface area contributed by atoms with Crippen LogP contribution in [0.1, 0.15) is 31.9 Å². The van der Waals surface area contributed by atoms with Crippen molar-refractivity contribution in [1.82, 2.24) is 5.32 Å². The summed E-state index contributed by atoms with van der Waals surface area (Å²) in [5, 5.41) is 6.45. The van der Waals surface area contributed by atoms with Gasteiger partial charge in [-0.1, -0.05) is 49.4 Å². The Bertz CT molecular complexity index is 518. The van der Waals surface area contributed by atoms with Crippen LogP contribution >= 0.6 is 11.8 Å². The van der Waals surface area contributed by atoms with E-state index < -0.39 is 0 Å².